The lowest BCUT2D eigenvalue weighted by molar-refractivity contribution is 0.0725. The van der Waals surface area contributed by atoms with Crippen molar-refractivity contribution in [2.75, 3.05) is 6.54 Å². The summed E-state index contributed by atoms with van der Waals surface area (Å²) in [6.07, 6.45) is 7.34. The molecular formula is C20H23N5O2. The SMILES string of the molecule is Cc1noc(C)c1C(=O)N1CCCC1c1ncc(C)n1Cc1ccncc1. The molecule has 27 heavy (non-hydrogen) atoms. The van der Waals surface area contributed by atoms with Gasteiger partial charge in [-0.1, -0.05) is 5.16 Å². The fourth-order valence-corrected chi connectivity index (χ4v) is 3.83. The Hall–Kier alpha value is -2.96. The Labute approximate surface area is 158 Å². The summed E-state index contributed by atoms with van der Waals surface area (Å²) >= 11 is 0. The number of hydrogen-bond acceptors (Lipinski definition) is 5. The maximum absolute atomic E-state index is 13.2. The third-order valence-corrected chi connectivity index (χ3v) is 5.23. The van der Waals surface area contributed by atoms with Gasteiger partial charge in [0.05, 0.1) is 11.7 Å². The number of amides is 1. The monoisotopic (exact) mass is 365 g/mol. The van der Waals surface area contributed by atoms with Gasteiger partial charge in [-0.3, -0.25) is 9.78 Å². The minimum Gasteiger partial charge on any atom is -0.361 e. The Morgan fingerprint density at radius 2 is 2.04 bits per heavy atom. The first-order chi connectivity index (χ1) is 13.1. The van der Waals surface area contributed by atoms with Crippen LogP contribution in [0.5, 0.6) is 0 Å². The molecule has 1 aliphatic rings. The Morgan fingerprint density at radius 3 is 2.74 bits per heavy atom. The Bertz CT molecular complexity index is 941. The van der Waals surface area contributed by atoms with Crippen LogP contribution in [0.1, 0.15) is 57.8 Å². The van der Waals surface area contributed by atoms with Gasteiger partial charge in [0.15, 0.2) is 0 Å². The summed E-state index contributed by atoms with van der Waals surface area (Å²) in [5.41, 5.74) is 3.46. The first-order valence-corrected chi connectivity index (χ1v) is 9.21. The van der Waals surface area contributed by atoms with Crippen LogP contribution < -0.4 is 0 Å². The van der Waals surface area contributed by atoms with Gasteiger partial charge in [-0.25, -0.2) is 4.98 Å². The molecule has 1 amide bonds. The lowest BCUT2D eigenvalue weighted by Crippen LogP contribution is -2.32. The molecule has 0 aromatic carbocycles. The van der Waals surface area contributed by atoms with Gasteiger partial charge in [-0.15, -0.1) is 0 Å². The standard InChI is InChI=1S/C20H23N5O2/c1-13-11-22-19(25(13)12-16-6-8-21-9-7-16)17-5-4-10-24(17)20(26)18-14(2)23-27-15(18)3/h6-9,11,17H,4-5,10,12H2,1-3H3. The van der Waals surface area contributed by atoms with Crippen LogP contribution in [0.2, 0.25) is 0 Å². The molecule has 1 atom stereocenters. The van der Waals surface area contributed by atoms with Crippen LogP contribution in [0.25, 0.3) is 0 Å². The van der Waals surface area contributed by atoms with Gasteiger partial charge < -0.3 is 14.0 Å². The summed E-state index contributed by atoms with van der Waals surface area (Å²) in [4.78, 5) is 23.9. The topological polar surface area (TPSA) is 77.0 Å². The van der Waals surface area contributed by atoms with E-state index < -0.39 is 0 Å². The summed E-state index contributed by atoms with van der Waals surface area (Å²) < 4.78 is 7.39. The lowest BCUT2D eigenvalue weighted by atomic mass is 10.1. The van der Waals surface area contributed by atoms with Crippen LogP contribution in [-0.2, 0) is 6.54 Å². The normalized spacial score (nSPS) is 16.9. The molecule has 4 rings (SSSR count). The fourth-order valence-electron chi connectivity index (χ4n) is 3.83. The van der Waals surface area contributed by atoms with Crippen molar-refractivity contribution in [2.45, 2.75) is 46.2 Å². The molecule has 0 N–H and O–H groups in total. The second kappa shape index (κ2) is 6.98. The van der Waals surface area contributed by atoms with Crippen molar-refractivity contribution in [2.24, 2.45) is 0 Å². The zero-order valence-electron chi connectivity index (χ0n) is 15.8. The number of aromatic nitrogens is 4. The molecule has 4 heterocycles. The maximum Gasteiger partial charge on any atom is 0.259 e. The van der Waals surface area contributed by atoms with Gasteiger partial charge in [0.2, 0.25) is 0 Å². The van der Waals surface area contributed by atoms with E-state index in [0.717, 1.165) is 29.9 Å². The van der Waals surface area contributed by atoms with Crippen molar-refractivity contribution in [1.29, 1.82) is 0 Å². The highest BCUT2D eigenvalue weighted by molar-refractivity contribution is 5.96. The van der Waals surface area contributed by atoms with Crippen LogP contribution in [0, 0.1) is 20.8 Å². The minimum absolute atomic E-state index is 0.0233. The van der Waals surface area contributed by atoms with Crippen LogP contribution in [0.4, 0.5) is 0 Å². The van der Waals surface area contributed by atoms with Crippen molar-refractivity contribution < 1.29 is 9.32 Å². The molecule has 0 radical (unpaired) electrons. The van der Waals surface area contributed by atoms with E-state index in [1.54, 1.807) is 19.3 Å². The minimum atomic E-state index is -0.0401. The third kappa shape index (κ3) is 3.13. The van der Waals surface area contributed by atoms with Gasteiger partial charge >= 0.3 is 0 Å². The molecule has 140 valence electrons. The fraction of sp³-hybridized carbons (Fsp3) is 0.400. The zero-order chi connectivity index (χ0) is 19.0. The van der Waals surface area contributed by atoms with Gasteiger partial charge in [-0.05, 0) is 51.3 Å². The number of nitrogens with zero attached hydrogens (tertiary/aromatic N) is 5. The van der Waals surface area contributed by atoms with Gasteiger partial charge in [0.25, 0.3) is 5.91 Å². The zero-order valence-corrected chi connectivity index (χ0v) is 15.8. The van der Waals surface area contributed by atoms with E-state index in [1.807, 2.05) is 37.1 Å². The number of hydrogen-bond donors (Lipinski definition) is 0. The number of rotatable bonds is 4. The van der Waals surface area contributed by atoms with Crippen molar-refractivity contribution >= 4 is 5.91 Å². The molecule has 1 fully saturated rings. The van der Waals surface area contributed by atoms with Crippen molar-refractivity contribution in [3.05, 3.63) is 64.8 Å². The van der Waals surface area contributed by atoms with Crippen LogP contribution in [-0.4, -0.2) is 37.0 Å². The van der Waals surface area contributed by atoms with E-state index in [-0.39, 0.29) is 11.9 Å². The van der Waals surface area contributed by atoms with E-state index in [9.17, 15) is 4.79 Å². The molecule has 0 bridgehead atoms. The smallest absolute Gasteiger partial charge is 0.259 e. The van der Waals surface area contributed by atoms with Crippen molar-refractivity contribution in [1.82, 2.24) is 24.6 Å². The molecule has 0 aliphatic carbocycles. The number of carbonyl (C=O) groups is 1. The van der Waals surface area contributed by atoms with Crippen molar-refractivity contribution in [3.8, 4) is 0 Å². The summed E-state index contributed by atoms with van der Waals surface area (Å²) in [5, 5.41) is 3.93. The van der Waals surface area contributed by atoms with Gasteiger partial charge in [0.1, 0.15) is 17.1 Å². The second-order valence-corrected chi connectivity index (χ2v) is 7.06. The Morgan fingerprint density at radius 1 is 1.26 bits per heavy atom. The highest BCUT2D eigenvalue weighted by atomic mass is 16.5. The van der Waals surface area contributed by atoms with E-state index >= 15 is 0 Å². The second-order valence-electron chi connectivity index (χ2n) is 7.06. The molecule has 3 aromatic rings. The van der Waals surface area contributed by atoms with Gasteiger partial charge in [0, 0.05) is 37.4 Å². The van der Waals surface area contributed by atoms with Crippen molar-refractivity contribution in [3.63, 3.8) is 0 Å². The highest BCUT2D eigenvalue weighted by Gasteiger charge is 2.35. The molecule has 3 aromatic heterocycles. The van der Waals surface area contributed by atoms with E-state index in [0.29, 0.717) is 30.1 Å². The molecule has 1 unspecified atom stereocenters. The Balaban J connectivity index is 1.66. The molecule has 0 saturated carbocycles. The summed E-state index contributed by atoms with van der Waals surface area (Å²) in [6, 6.07) is 3.97. The molecule has 7 heteroatoms. The summed E-state index contributed by atoms with van der Waals surface area (Å²) in [7, 11) is 0. The van der Waals surface area contributed by atoms with Crippen LogP contribution in [0.15, 0.2) is 35.2 Å². The molecule has 0 spiro atoms. The first-order valence-electron chi connectivity index (χ1n) is 9.21. The average molecular weight is 365 g/mol. The number of pyridine rings is 1. The highest BCUT2D eigenvalue weighted by Crippen LogP contribution is 2.34. The molecule has 7 nitrogen and oxygen atoms in total. The van der Waals surface area contributed by atoms with Crippen LogP contribution >= 0.6 is 0 Å². The van der Waals surface area contributed by atoms with E-state index in [4.69, 9.17) is 4.52 Å². The number of likely N-dealkylation sites (tertiary alicyclic amines) is 1. The lowest BCUT2D eigenvalue weighted by Gasteiger charge is -2.25. The maximum atomic E-state index is 13.2. The van der Waals surface area contributed by atoms with Gasteiger partial charge in [-0.2, -0.15) is 0 Å². The third-order valence-electron chi connectivity index (χ3n) is 5.23. The quantitative estimate of drug-likeness (QED) is 0.709. The molecule has 1 saturated heterocycles. The number of imidazole rings is 1. The van der Waals surface area contributed by atoms with Crippen LogP contribution in [0.3, 0.4) is 0 Å². The number of carbonyl (C=O) groups excluding carboxylic acids is 1. The summed E-state index contributed by atoms with van der Waals surface area (Å²) in [5.74, 6) is 1.48. The summed E-state index contributed by atoms with van der Waals surface area (Å²) in [6.45, 7) is 7.07. The molecular weight excluding hydrogens is 342 g/mol. The largest absolute Gasteiger partial charge is 0.361 e. The average Bonchev–Trinajstić information content (AvgIpc) is 3.36. The van der Waals surface area contributed by atoms with E-state index in [2.05, 4.69) is 19.7 Å². The molecule has 1 aliphatic heterocycles. The number of aryl methyl sites for hydroxylation is 3. The predicted molar refractivity (Wildman–Crippen MR) is 99.3 cm³/mol. The van der Waals surface area contributed by atoms with E-state index in [1.165, 1.54) is 0 Å². The predicted octanol–water partition coefficient (Wildman–Crippen LogP) is 3.22. The first kappa shape index (κ1) is 17.5. The Kier molecular flexibility index (Phi) is 4.51.